The molecule has 0 spiro atoms. The fourth-order valence-electron chi connectivity index (χ4n) is 2.01. The second kappa shape index (κ2) is 7.13. The number of aryl methyl sites for hydroxylation is 2. The quantitative estimate of drug-likeness (QED) is 0.788. The van der Waals surface area contributed by atoms with Gasteiger partial charge in [0.05, 0.1) is 13.2 Å². The van der Waals surface area contributed by atoms with Gasteiger partial charge in [-0.1, -0.05) is 6.07 Å². The summed E-state index contributed by atoms with van der Waals surface area (Å²) in [6.45, 7) is 5.04. The minimum Gasteiger partial charge on any atom is -0.493 e. The van der Waals surface area contributed by atoms with Crippen LogP contribution >= 0.6 is 11.3 Å². The van der Waals surface area contributed by atoms with E-state index in [9.17, 15) is 4.79 Å². The molecule has 5 heteroatoms. The van der Waals surface area contributed by atoms with Gasteiger partial charge in [0.2, 0.25) is 0 Å². The normalized spacial score (nSPS) is 10.4. The van der Waals surface area contributed by atoms with Crippen molar-refractivity contribution < 1.29 is 19.4 Å². The Morgan fingerprint density at radius 1 is 1.14 bits per heavy atom. The number of carbonyl (C=O) groups is 1. The highest BCUT2D eigenvalue weighted by Crippen LogP contribution is 2.24. The Kier molecular flexibility index (Phi) is 5.22. The minimum absolute atomic E-state index is 0.241. The molecule has 0 aliphatic rings. The van der Waals surface area contributed by atoms with Crippen molar-refractivity contribution in [1.29, 1.82) is 0 Å². The van der Waals surface area contributed by atoms with Gasteiger partial charge in [0.15, 0.2) is 4.88 Å². The number of hydrogen-bond donors (Lipinski definition) is 1. The highest BCUT2D eigenvalue weighted by Gasteiger charge is 2.12. The van der Waals surface area contributed by atoms with Gasteiger partial charge in [-0.05, 0) is 48.6 Å². The maximum absolute atomic E-state index is 10.9. The lowest BCUT2D eigenvalue weighted by atomic mass is 10.1. The molecular weight excluding hydrogens is 288 g/mol. The summed E-state index contributed by atoms with van der Waals surface area (Å²) in [5.41, 5.74) is 2.34. The first-order valence-corrected chi connectivity index (χ1v) is 7.59. The molecule has 0 saturated carbocycles. The van der Waals surface area contributed by atoms with Gasteiger partial charge in [-0.2, -0.15) is 0 Å². The standard InChI is InChI=1S/C16H18O4S/c1-11-8-12(2)10-13(9-11)19-5-3-6-20-14-4-7-21-15(14)16(17)18/h4,7-10H,3,5-6H2,1-2H3,(H,17,18). The lowest BCUT2D eigenvalue weighted by Gasteiger charge is -2.09. The van der Waals surface area contributed by atoms with E-state index in [1.807, 2.05) is 26.0 Å². The molecule has 4 nitrogen and oxygen atoms in total. The first-order chi connectivity index (χ1) is 10.1. The number of ether oxygens (including phenoxy) is 2. The van der Waals surface area contributed by atoms with Gasteiger partial charge in [0.1, 0.15) is 11.5 Å². The van der Waals surface area contributed by atoms with Crippen LogP contribution in [-0.4, -0.2) is 24.3 Å². The molecule has 1 aromatic carbocycles. The Hall–Kier alpha value is -2.01. The first kappa shape index (κ1) is 15.4. The molecule has 0 fully saturated rings. The van der Waals surface area contributed by atoms with Crippen molar-refractivity contribution >= 4 is 17.3 Å². The third-order valence-corrected chi connectivity index (χ3v) is 3.72. The number of carboxylic acids is 1. The second-order valence-corrected chi connectivity index (χ2v) is 5.71. The molecule has 2 aromatic rings. The Morgan fingerprint density at radius 2 is 1.81 bits per heavy atom. The van der Waals surface area contributed by atoms with Crippen molar-refractivity contribution in [3.63, 3.8) is 0 Å². The summed E-state index contributed by atoms with van der Waals surface area (Å²) in [7, 11) is 0. The number of hydrogen-bond acceptors (Lipinski definition) is 4. The smallest absolute Gasteiger partial charge is 0.349 e. The van der Waals surface area contributed by atoms with Gasteiger partial charge < -0.3 is 14.6 Å². The molecular formula is C16H18O4S. The number of thiophene rings is 1. The van der Waals surface area contributed by atoms with Crippen molar-refractivity contribution in [3.05, 3.63) is 45.6 Å². The highest BCUT2D eigenvalue weighted by molar-refractivity contribution is 7.12. The number of rotatable bonds is 7. The summed E-state index contributed by atoms with van der Waals surface area (Å²) in [5, 5.41) is 10.7. The molecule has 0 saturated heterocycles. The van der Waals surface area contributed by atoms with Crippen LogP contribution in [-0.2, 0) is 0 Å². The van der Waals surface area contributed by atoms with Crippen LogP contribution in [0.25, 0.3) is 0 Å². The van der Waals surface area contributed by atoms with Crippen LogP contribution in [0.1, 0.15) is 27.2 Å². The lowest BCUT2D eigenvalue weighted by molar-refractivity contribution is 0.0698. The van der Waals surface area contributed by atoms with E-state index in [4.69, 9.17) is 14.6 Å². The van der Waals surface area contributed by atoms with E-state index in [0.29, 0.717) is 25.4 Å². The van der Waals surface area contributed by atoms with Crippen LogP contribution < -0.4 is 9.47 Å². The van der Waals surface area contributed by atoms with Crippen molar-refractivity contribution in [2.75, 3.05) is 13.2 Å². The fourth-order valence-corrected chi connectivity index (χ4v) is 2.69. The predicted octanol–water partition coefficient (Wildman–Crippen LogP) is 3.91. The summed E-state index contributed by atoms with van der Waals surface area (Å²) < 4.78 is 11.1. The molecule has 1 N–H and O–H groups in total. The Balaban J connectivity index is 1.75. The molecule has 21 heavy (non-hydrogen) atoms. The van der Waals surface area contributed by atoms with E-state index in [2.05, 4.69) is 6.07 Å². The van der Waals surface area contributed by atoms with Crippen LogP contribution in [0.15, 0.2) is 29.6 Å². The van der Waals surface area contributed by atoms with Crippen molar-refractivity contribution in [2.45, 2.75) is 20.3 Å². The molecule has 0 bridgehead atoms. The van der Waals surface area contributed by atoms with Crippen LogP contribution in [0.2, 0.25) is 0 Å². The molecule has 1 aromatic heterocycles. The molecule has 0 radical (unpaired) electrons. The summed E-state index contributed by atoms with van der Waals surface area (Å²) in [4.78, 5) is 11.2. The topological polar surface area (TPSA) is 55.8 Å². The first-order valence-electron chi connectivity index (χ1n) is 6.71. The van der Waals surface area contributed by atoms with E-state index >= 15 is 0 Å². The van der Waals surface area contributed by atoms with Gasteiger partial charge in [-0.15, -0.1) is 11.3 Å². The SMILES string of the molecule is Cc1cc(C)cc(OCCCOc2ccsc2C(=O)O)c1. The van der Waals surface area contributed by atoms with E-state index in [-0.39, 0.29) is 4.88 Å². The molecule has 1 heterocycles. The van der Waals surface area contributed by atoms with Gasteiger partial charge in [-0.3, -0.25) is 0 Å². The van der Waals surface area contributed by atoms with Gasteiger partial charge in [0.25, 0.3) is 0 Å². The fraction of sp³-hybridized carbons (Fsp3) is 0.312. The monoisotopic (exact) mass is 306 g/mol. The lowest BCUT2D eigenvalue weighted by Crippen LogP contribution is -2.06. The zero-order valence-electron chi connectivity index (χ0n) is 12.1. The predicted molar refractivity (Wildman–Crippen MR) is 82.8 cm³/mol. The largest absolute Gasteiger partial charge is 0.493 e. The molecule has 0 aliphatic heterocycles. The molecule has 0 aliphatic carbocycles. The maximum atomic E-state index is 10.9. The second-order valence-electron chi connectivity index (χ2n) is 4.79. The zero-order chi connectivity index (χ0) is 15.2. The van der Waals surface area contributed by atoms with E-state index in [0.717, 1.165) is 5.75 Å². The maximum Gasteiger partial charge on any atom is 0.349 e. The Bertz CT molecular complexity index is 598. The van der Waals surface area contributed by atoms with E-state index < -0.39 is 5.97 Å². The van der Waals surface area contributed by atoms with Gasteiger partial charge in [0, 0.05) is 6.42 Å². The van der Waals surface area contributed by atoms with Crippen LogP contribution in [0, 0.1) is 13.8 Å². The molecule has 0 atom stereocenters. The number of carboxylic acid groups (broad SMARTS) is 1. The van der Waals surface area contributed by atoms with Gasteiger partial charge >= 0.3 is 5.97 Å². The Labute approximate surface area is 128 Å². The molecule has 2 rings (SSSR count). The molecule has 112 valence electrons. The third-order valence-electron chi connectivity index (χ3n) is 2.83. The minimum atomic E-state index is -0.952. The van der Waals surface area contributed by atoms with Crippen molar-refractivity contribution in [2.24, 2.45) is 0 Å². The summed E-state index contributed by atoms with van der Waals surface area (Å²) in [5.74, 6) is 0.333. The zero-order valence-corrected chi connectivity index (χ0v) is 12.9. The van der Waals surface area contributed by atoms with Crippen molar-refractivity contribution in [1.82, 2.24) is 0 Å². The summed E-state index contributed by atoms with van der Waals surface area (Å²) >= 11 is 1.17. The average molecular weight is 306 g/mol. The summed E-state index contributed by atoms with van der Waals surface area (Å²) in [6.07, 6.45) is 0.696. The average Bonchev–Trinajstić information content (AvgIpc) is 2.85. The summed E-state index contributed by atoms with van der Waals surface area (Å²) in [6, 6.07) is 7.77. The molecule has 0 amide bonds. The van der Waals surface area contributed by atoms with Crippen molar-refractivity contribution in [3.8, 4) is 11.5 Å². The van der Waals surface area contributed by atoms with Crippen LogP contribution in [0.3, 0.4) is 0 Å². The Morgan fingerprint density at radius 3 is 2.48 bits per heavy atom. The highest BCUT2D eigenvalue weighted by atomic mass is 32.1. The molecule has 0 unspecified atom stereocenters. The number of benzene rings is 1. The van der Waals surface area contributed by atoms with E-state index in [1.165, 1.54) is 22.5 Å². The van der Waals surface area contributed by atoms with Crippen LogP contribution in [0.5, 0.6) is 11.5 Å². The third kappa shape index (κ3) is 4.49. The van der Waals surface area contributed by atoms with E-state index in [1.54, 1.807) is 11.4 Å². The number of aromatic carboxylic acids is 1. The van der Waals surface area contributed by atoms with Gasteiger partial charge in [-0.25, -0.2) is 4.79 Å². The van der Waals surface area contributed by atoms with Crippen LogP contribution in [0.4, 0.5) is 0 Å².